The van der Waals surface area contributed by atoms with E-state index in [0.29, 0.717) is 11.4 Å². The smallest absolute Gasteiger partial charge is 0.253 e. The van der Waals surface area contributed by atoms with Crippen LogP contribution in [-0.4, -0.2) is 21.0 Å². The van der Waals surface area contributed by atoms with E-state index in [1.807, 2.05) is 13.8 Å². The van der Waals surface area contributed by atoms with Gasteiger partial charge in [0.25, 0.3) is 5.91 Å². The summed E-state index contributed by atoms with van der Waals surface area (Å²) in [6.07, 6.45) is 3.20. The van der Waals surface area contributed by atoms with Gasteiger partial charge in [-0.25, -0.2) is 8.78 Å². The number of rotatable bonds is 5. The van der Waals surface area contributed by atoms with Crippen LogP contribution in [0.2, 0.25) is 5.02 Å². The number of nitrogens with one attached hydrogen (secondary N) is 1. The number of carbonyl (C=O) groups excluding carboxylic acids is 1. The van der Waals surface area contributed by atoms with Gasteiger partial charge >= 0.3 is 0 Å². The van der Waals surface area contributed by atoms with Crippen LogP contribution in [0.15, 0.2) is 41.2 Å². The third kappa shape index (κ3) is 4.11. The van der Waals surface area contributed by atoms with Gasteiger partial charge in [0.2, 0.25) is 11.7 Å². The van der Waals surface area contributed by atoms with Crippen molar-refractivity contribution in [3.63, 3.8) is 0 Å². The molecule has 27 heavy (non-hydrogen) atoms. The fraction of sp³-hybridized carbons (Fsp3) is 0.222. The minimum Gasteiger partial charge on any atom is -0.340 e. The van der Waals surface area contributed by atoms with Crippen molar-refractivity contribution < 1.29 is 18.1 Å². The molecule has 0 fully saturated rings. The summed E-state index contributed by atoms with van der Waals surface area (Å²) in [4.78, 5) is 20.8. The van der Waals surface area contributed by atoms with Crippen LogP contribution in [0.25, 0.3) is 11.4 Å². The van der Waals surface area contributed by atoms with Gasteiger partial charge in [-0.2, -0.15) is 4.98 Å². The van der Waals surface area contributed by atoms with Gasteiger partial charge in [-0.05, 0) is 30.2 Å². The molecule has 140 valence electrons. The van der Waals surface area contributed by atoms with Crippen molar-refractivity contribution in [3.8, 4) is 11.4 Å². The number of hydrogen-bond donors (Lipinski definition) is 1. The second kappa shape index (κ2) is 7.79. The fourth-order valence-corrected chi connectivity index (χ4v) is 2.64. The summed E-state index contributed by atoms with van der Waals surface area (Å²) in [5, 5.41) is 6.38. The molecule has 0 aliphatic rings. The lowest BCUT2D eigenvalue weighted by Crippen LogP contribution is -2.32. The molecule has 0 radical (unpaired) electrons. The van der Waals surface area contributed by atoms with E-state index in [2.05, 4.69) is 20.4 Å². The lowest BCUT2D eigenvalue weighted by molar-refractivity contribution is 0.0913. The molecular formula is C18H15ClF2N4O2. The number of nitrogens with zero attached hydrogens (tertiary/aromatic N) is 3. The Morgan fingerprint density at radius 2 is 2.00 bits per heavy atom. The molecule has 0 spiro atoms. The molecular weight excluding hydrogens is 378 g/mol. The van der Waals surface area contributed by atoms with Crippen LogP contribution >= 0.6 is 11.6 Å². The maximum Gasteiger partial charge on any atom is 0.253 e. The van der Waals surface area contributed by atoms with Crippen molar-refractivity contribution in [3.05, 3.63) is 64.8 Å². The first-order chi connectivity index (χ1) is 12.9. The molecule has 9 heteroatoms. The highest BCUT2D eigenvalue weighted by atomic mass is 35.5. The van der Waals surface area contributed by atoms with Crippen LogP contribution in [0.5, 0.6) is 0 Å². The van der Waals surface area contributed by atoms with Crippen LogP contribution in [0.1, 0.15) is 36.1 Å². The summed E-state index contributed by atoms with van der Waals surface area (Å²) in [7, 11) is 0. The van der Waals surface area contributed by atoms with Gasteiger partial charge < -0.3 is 9.84 Å². The standard InChI is InChI=1S/C18H15ClF2N4O2/c1-9(2)15(18-24-16(25-27-18)10-4-3-5-22-8-10)23-17(26)11-6-13(20)14(21)7-12(11)19/h3-9,15H,1-2H3,(H,23,26). The van der Waals surface area contributed by atoms with Gasteiger partial charge in [-0.1, -0.05) is 30.6 Å². The lowest BCUT2D eigenvalue weighted by Gasteiger charge is -2.19. The zero-order valence-electron chi connectivity index (χ0n) is 14.4. The van der Waals surface area contributed by atoms with Crippen molar-refractivity contribution in [2.24, 2.45) is 5.92 Å². The topological polar surface area (TPSA) is 80.9 Å². The molecule has 1 unspecified atom stereocenters. The van der Waals surface area contributed by atoms with Crippen LogP contribution in [0.4, 0.5) is 8.78 Å². The molecule has 1 amide bonds. The monoisotopic (exact) mass is 392 g/mol. The number of halogens is 3. The number of benzene rings is 1. The van der Waals surface area contributed by atoms with Crippen molar-refractivity contribution in [2.45, 2.75) is 19.9 Å². The van der Waals surface area contributed by atoms with E-state index >= 15 is 0 Å². The number of hydrogen-bond acceptors (Lipinski definition) is 5. The Labute approximate surface area is 158 Å². The third-order valence-electron chi connectivity index (χ3n) is 3.84. The largest absolute Gasteiger partial charge is 0.340 e. The maximum absolute atomic E-state index is 13.5. The van der Waals surface area contributed by atoms with Crippen molar-refractivity contribution in [1.29, 1.82) is 0 Å². The minimum absolute atomic E-state index is 0.125. The molecule has 1 aromatic carbocycles. The molecule has 0 saturated heterocycles. The molecule has 0 aliphatic heterocycles. The third-order valence-corrected chi connectivity index (χ3v) is 4.15. The maximum atomic E-state index is 13.5. The highest BCUT2D eigenvalue weighted by Crippen LogP contribution is 2.25. The van der Waals surface area contributed by atoms with Crippen LogP contribution < -0.4 is 5.32 Å². The van der Waals surface area contributed by atoms with Crippen LogP contribution in [-0.2, 0) is 0 Å². The highest BCUT2D eigenvalue weighted by Gasteiger charge is 2.26. The van der Waals surface area contributed by atoms with Gasteiger partial charge in [-0.3, -0.25) is 9.78 Å². The van der Waals surface area contributed by atoms with Gasteiger partial charge in [0.15, 0.2) is 11.6 Å². The SMILES string of the molecule is CC(C)C(NC(=O)c1cc(F)c(F)cc1Cl)c1nc(-c2cccnc2)no1. The Balaban J connectivity index is 1.86. The molecule has 0 bridgehead atoms. The predicted molar refractivity (Wildman–Crippen MR) is 93.9 cm³/mol. The number of amides is 1. The van der Waals surface area contributed by atoms with E-state index in [1.54, 1.807) is 24.5 Å². The second-order valence-electron chi connectivity index (χ2n) is 6.14. The zero-order valence-corrected chi connectivity index (χ0v) is 15.2. The first-order valence-electron chi connectivity index (χ1n) is 8.06. The molecule has 6 nitrogen and oxygen atoms in total. The van der Waals surface area contributed by atoms with E-state index < -0.39 is 23.6 Å². The average molecular weight is 393 g/mol. The Hall–Kier alpha value is -2.87. The number of pyridine rings is 1. The van der Waals surface area contributed by atoms with Gasteiger partial charge in [0.1, 0.15) is 6.04 Å². The quantitative estimate of drug-likeness (QED) is 0.658. The average Bonchev–Trinajstić information content (AvgIpc) is 3.12. The van der Waals surface area contributed by atoms with Crippen LogP contribution in [0.3, 0.4) is 0 Å². The molecule has 0 saturated carbocycles. The van der Waals surface area contributed by atoms with Crippen molar-refractivity contribution in [1.82, 2.24) is 20.4 Å². The summed E-state index contributed by atoms with van der Waals surface area (Å²) in [6, 6.07) is 4.35. The summed E-state index contributed by atoms with van der Waals surface area (Å²) in [6.45, 7) is 3.68. The van der Waals surface area contributed by atoms with E-state index in [9.17, 15) is 13.6 Å². The summed E-state index contributed by atoms with van der Waals surface area (Å²) >= 11 is 5.86. The zero-order chi connectivity index (χ0) is 19.6. The van der Waals surface area contributed by atoms with Gasteiger partial charge in [0.05, 0.1) is 10.6 Å². The molecule has 0 aliphatic carbocycles. The normalized spacial score (nSPS) is 12.2. The minimum atomic E-state index is -1.16. The highest BCUT2D eigenvalue weighted by molar-refractivity contribution is 6.33. The Morgan fingerprint density at radius 3 is 2.67 bits per heavy atom. The Morgan fingerprint density at radius 1 is 1.26 bits per heavy atom. The first-order valence-corrected chi connectivity index (χ1v) is 8.44. The summed E-state index contributed by atoms with van der Waals surface area (Å²) in [5.41, 5.74) is 0.471. The molecule has 3 aromatic rings. The van der Waals surface area contributed by atoms with Crippen molar-refractivity contribution in [2.75, 3.05) is 0 Å². The second-order valence-corrected chi connectivity index (χ2v) is 6.55. The molecule has 1 atom stereocenters. The number of aromatic nitrogens is 3. The van der Waals surface area contributed by atoms with Crippen molar-refractivity contribution >= 4 is 17.5 Å². The summed E-state index contributed by atoms with van der Waals surface area (Å²) in [5.74, 6) is -2.60. The van der Waals surface area contributed by atoms with Crippen LogP contribution in [0, 0.1) is 17.6 Å². The fourth-order valence-electron chi connectivity index (χ4n) is 2.40. The molecule has 2 heterocycles. The van der Waals surface area contributed by atoms with E-state index in [1.165, 1.54) is 0 Å². The predicted octanol–water partition coefficient (Wildman–Crippen LogP) is 4.19. The van der Waals surface area contributed by atoms with E-state index in [4.69, 9.17) is 16.1 Å². The first kappa shape index (κ1) is 18.9. The lowest BCUT2D eigenvalue weighted by atomic mass is 10.0. The molecule has 3 rings (SSSR count). The Kier molecular flexibility index (Phi) is 5.46. The Bertz CT molecular complexity index is 963. The number of carbonyl (C=O) groups is 1. The molecule has 1 N–H and O–H groups in total. The van der Waals surface area contributed by atoms with E-state index in [0.717, 1.165) is 12.1 Å². The summed E-state index contributed by atoms with van der Waals surface area (Å²) < 4.78 is 32.0. The van der Waals surface area contributed by atoms with Gasteiger partial charge in [-0.15, -0.1) is 0 Å². The van der Waals surface area contributed by atoms with E-state index in [-0.39, 0.29) is 22.4 Å². The van der Waals surface area contributed by atoms with Gasteiger partial charge in [0, 0.05) is 18.0 Å². The molecule has 2 aromatic heterocycles.